The van der Waals surface area contributed by atoms with Crippen LogP contribution in [0.15, 0.2) is 24.3 Å². The van der Waals surface area contributed by atoms with E-state index in [9.17, 15) is 8.42 Å². The van der Waals surface area contributed by atoms with Gasteiger partial charge in [-0.2, -0.15) is 0 Å². The highest BCUT2D eigenvalue weighted by atomic mass is 32.2. The van der Waals surface area contributed by atoms with Crippen molar-refractivity contribution in [3.8, 4) is 0 Å². The van der Waals surface area contributed by atoms with Crippen molar-refractivity contribution in [3.05, 3.63) is 29.8 Å². The van der Waals surface area contributed by atoms with Gasteiger partial charge in [-0.3, -0.25) is 4.31 Å². The number of sulfonamides is 1. The Morgan fingerprint density at radius 2 is 2.06 bits per heavy atom. The van der Waals surface area contributed by atoms with Gasteiger partial charge in [0.25, 0.3) is 0 Å². The molecule has 1 heterocycles. The zero-order valence-electron chi connectivity index (χ0n) is 9.80. The maximum atomic E-state index is 12.2. The number of rotatable bonds is 4. The van der Waals surface area contributed by atoms with Gasteiger partial charge in [-0.15, -0.1) is 0 Å². The number of hydrogen-bond acceptors (Lipinski definition) is 3. The van der Waals surface area contributed by atoms with Crippen molar-refractivity contribution < 1.29 is 8.42 Å². The molecule has 0 spiro atoms. The molecule has 1 aliphatic heterocycles. The monoisotopic (exact) mass is 254 g/mol. The Kier molecular flexibility index (Phi) is 3.69. The number of para-hydroxylation sites is 1. The van der Waals surface area contributed by atoms with Gasteiger partial charge in [-0.25, -0.2) is 8.42 Å². The van der Waals surface area contributed by atoms with Gasteiger partial charge in [-0.05, 0) is 37.4 Å². The SMILES string of the molecule is NCCCS(=O)(=O)N1CCCc2ccccc21. The van der Waals surface area contributed by atoms with E-state index < -0.39 is 10.0 Å². The molecule has 4 nitrogen and oxygen atoms in total. The topological polar surface area (TPSA) is 63.4 Å². The van der Waals surface area contributed by atoms with E-state index in [1.54, 1.807) is 4.31 Å². The smallest absolute Gasteiger partial charge is 0.235 e. The Balaban J connectivity index is 2.29. The normalized spacial score (nSPS) is 15.7. The fraction of sp³-hybridized carbons (Fsp3) is 0.500. The largest absolute Gasteiger partial charge is 0.330 e. The summed E-state index contributed by atoms with van der Waals surface area (Å²) in [5.41, 5.74) is 7.34. The fourth-order valence-corrected chi connectivity index (χ4v) is 3.80. The molecular weight excluding hydrogens is 236 g/mol. The second-order valence-corrected chi connectivity index (χ2v) is 6.28. The number of anilines is 1. The molecule has 0 amide bonds. The van der Waals surface area contributed by atoms with Crippen molar-refractivity contribution in [1.29, 1.82) is 0 Å². The van der Waals surface area contributed by atoms with E-state index in [0.29, 0.717) is 19.5 Å². The highest BCUT2D eigenvalue weighted by molar-refractivity contribution is 7.92. The van der Waals surface area contributed by atoms with Crippen LogP contribution in [0.25, 0.3) is 0 Å². The van der Waals surface area contributed by atoms with Gasteiger partial charge in [0.05, 0.1) is 11.4 Å². The maximum Gasteiger partial charge on any atom is 0.235 e. The second-order valence-electron chi connectivity index (χ2n) is 4.26. The van der Waals surface area contributed by atoms with Gasteiger partial charge in [0, 0.05) is 6.54 Å². The lowest BCUT2D eigenvalue weighted by molar-refractivity contribution is 0.584. The lowest BCUT2D eigenvalue weighted by atomic mass is 10.0. The van der Waals surface area contributed by atoms with Crippen molar-refractivity contribution in [3.63, 3.8) is 0 Å². The minimum Gasteiger partial charge on any atom is -0.330 e. The van der Waals surface area contributed by atoms with Gasteiger partial charge in [0.1, 0.15) is 0 Å². The van der Waals surface area contributed by atoms with E-state index in [-0.39, 0.29) is 5.75 Å². The zero-order valence-corrected chi connectivity index (χ0v) is 10.6. The van der Waals surface area contributed by atoms with Crippen molar-refractivity contribution in [1.82, 2.24) is 0 Å². The number of benzene rings is 1. The van der Waals surface area contributed by atoms with Crippen LogP contribution in [0, 0.1) is 0 Å². The first-order valence-electron chi connectivity index (χ1n) is 5.93. The van der Waals surface area contributed by atoms with Gasteiger partial charge in [0.2, 0.25) is 10.0 Å². The van der Waals surface area contributed by atoms with Crippen LogP contribution in [-0.4, -0.2) is 27.3 Å². The summed E-state index contributed by atoms with van der Waals surface area (Å²) in [6.07, 6.45) is 2.36. The predicted octanol–water partition coefficient (Wildman–Crippen LogP) is 1.12. The summed E-state index contributed by atoms with van der Waals surface area (Å²) in [7, 11) is -3.21. The van der Waals surface area contributed by atoms with E-state index in [1.165, 1.54) is 0 Å². The van der Waals surface area contributed by atoms with Crippen LogP contribution in [0.2, 0.25) is 0 Å². The second kappa shape index (κ2) is 5.06. The Morgan fingerprint density at radius 3 is 2.82 bits per heavy atom. The number of hydrogen-bond donors (Lipinski definition) is 1. The van der Waals surface area contributed by atoms with Crippen LogP contribution in [0.4, 0.5) is 5.69 Å². The minimum atomic E-state index is -3.21. The van der Waals surface area contributed by atoms with Crippen LogP contribution in [-0.2, 0) is 16.4 Å². The summed E-state index contributed by atoms with van der Waals surface area (Å²) in [6.45, 7) is 0.999. The highest BCUT2D eigenvalue weighted by Crippen LogP contribution is 2.29. The molecule has 1 aromatic rings. The van der Waals surface area contributed by atoms with E-state index >= 15 is 0 Å². The molecule has 5 heteroatoms. The van der Waals surface area contributed by atoms with Crippen molar-refractivity contribution in [2.45, 2.75) is 19.3 Å². The molecule has 94 valence electrons. The lowest BCUT2D eigenvalue weighted by Crippen LogP contribution is -2.37. The minimum absolute atomic E-state index is 0.137. The fourth-order valence-electron chi connectivity index (χ4n) is 2.16. The third kappa shape index (κ3) is 2.61. The van der Waals surface area contributed by atoms with Crippen LogP contribution in [0.3, 0.4) is 0 Å². The summed E-state index contributed by atoms with van der Waals surface area (Å²) >= 11 is 0. The molecule has 0 bridgehead atoms. The first-order valence-corrected chi connectivity index (χ1v) is 7.54. The molecule has 17 heavy (non-hydrogen) atoms. The molecule has 0 unspecified atom stereocenters. The van der Waals surface area contributed by atoms with Crippen LogP contribution >= 0.6 is 0 Å². The van der Waals surface area contributed by atoms with Crippen LogP contribution in [0.1, 0.15) is 18.4 Å². The van der Waals surface area contributed by atoms with Gasteiger partial charge in [-0.1, -0.05) is 18.2 Å². The zero-order chi connectivity index (χ0) is 12.3. The molecule has 0 aliphatic carbocycles. The third-order valence-electron chi connectivity index (χ3n) is 3.01. The quantitative estimate of drug-likeness (QED) is 0.875. The van der Waals surface area contributed by atoms with Gasteiger partial charge < -0.3 is 5.73 Å². The number of nitrogens with zero attached hydrogens (tertiary/aromatic N) is 1. The van der Waals surface area contributed by atoms with Crippen molar-refractivity contribution in [2.75, 3.05) is 23.1 Å². The predicted molar refractivity (Wildman–Crippen MR) is 69.6 cm³/mol. The number of fused-ring (bicyclic) bond motifs is 1. The van der Waals surface area contributed by atoms with Gasteiger partial charge >= 0.3 is 0 Å². The van der Waals surface area contributed by atoms with Gasteiger partial charge in [0.15, 0.2) is 0 Å². The standard InChI is InChI=1S/C12H18N2O2S/c13-8-4-10-17(15,16)14-9-3-6-11-5-1-2-7-12(11)14/h1-2,5,7H,3-4,6,8-10,13H2. The molecule has 1 aromatic carbocycles. The Hall–Kier alpha value is -1.07. The summed E-state index contributed by atoms with van der Waals surface area (Å²) < 4.78 is 25.9. The number of nitrogens with two attached hydrogens (primary N) is 1. The lowest BCUT2D eigenvalue weighted by Gasteiger charge is -2.30. The first kappa shape index (κ1) is 12.4. The molecule has 0 atom stereocenters. The molecule has 0 saturated heterocycles. The summed E-state index contributed by atoms with van der Waals surface area (Å²) in [5, 5.41) is 0. The molecule has 2 rings (SSSR count). The summed E-state index contributed by atoms with van der Waals surface area (Å²) in [6, 6.07) is 7.72. The molecule has 1 aliphatic rings. The molecule has 2 N–H and O–H groups in total. The van der Waals surface area contributed by atoms with E-state index in [4.69, 9.17) is 5.73 Å². The summed E-state index contributed by atoms with van der Waals surface area (Å²) in [5.74, 6) is 0.137. The maximum absolute atomic E-state index is 12.2. The average molecular weight is 254 g/mol. The molecular formula is C12H18N2O2S. The average Bonchev–Trinajstić information content (AvgIpc) is 2.36. The van der Waals surface area contributed by atoms with Crippen molar-refractivity contribution >= 4 is 15.7 Å². The van der Waals surface area contributed by atoms with E-state index in [2.05, 4.69) is 0 Å². The molecule has 0 fully saturated rings. The Morgan fingerprint density at radius 1 is 1.29 bits per heavy atom. The van der Waals surface area contributed by atoms with Crippen molar-refractivity contribution in [2.24, 2.45) is 5.73 Å². The summed E-state index contributed by atoms with van der Waals surface area (Å²) in [4.78, 5) is 0. The first-order chi connectivity index (χ1) is 8.15. The van der Waals surface area contributed by atoms with E-state index in [1.807, 2.05) is 24.3 Å². The Bertz CT molecular complexity index is 485. The molecule has 0 saturated carbocycles. The third-order valence-corrected chi connectivity index (χ3v) is 4.87. The molecule has 0 aromatic heterocycles. The number of aryl methyl sites for hydroxylation is 1. The molecule has 0 radical (unpaired) electrons. The van der Waals surface area contributed by atoms with Crippen LogP contribution < -0.4 is 10.0 Å². The Labute approximate surface area is 102 Å². The highest BCUT2D eigenvalue weighted by Gasteiger charge is 2.26. The van der Waals surface area contributed by atoms with Crippen LogP contribution in [0.5, 0.6) is 0 Å². The van der Waals surface area contributed by atoms with E-state index in [0.717, 1.165) is 24.1 Å².